The third kappa shape index (κ3) is 1.78. The number of benzene rings is 1. The smallest absolute Gasteiger partial charge is 0.181 e. The number of hydrogen-bond donors (Lipinski definition) is 0. The summed E-state index contributed by atoms with van der Waals surface area (Å²) in [4.78, 5) is 11.7. The first kappa shape index (κ1) is 11.3. The molecule has 3 nitrogen and oxygen atoms in total. The lowest BCUT2D eigenvalue weighted by Gasteiger charge is -2.14. The summed E-state index contributed by atoms with van der Waals surface area (Å²) in [5.41, 5.74) is 0. The van der Waals surface area contributed by atoms with E-state index in [4.69, 9.17) is 0 Å². The Morgan fingerprint density at radius 3 is 2.31 bits per heavy atom. The van der Waals surface area contributed by atoms with Gasteiger partial charge in [0.1, 0.15) is 5.78 Å². The summed E-state index contributed by atoms with van der Waals surface area (Å²) in [6, 6.07) is 8.36. The van der Waals surface area contributed by atoms with Gasteiger partial charge in [-0.1, -0.05) is 25.1 Å². The van der Waals surface area contributed by atoms with E-state index in [9.17, 15) is 13.2 Å². The lowest BCUT2D eigenvalue weighted by Crippen LogP contribution is -2.26. The summed E-state index contributed by atoms with van der Waals surface area (Å²) in [5, 5.41) is -0.539. The van der Waals surface area contributed by atoms with E-state index in [0.29, 0.717) is 17.7 Å². The molecule has 86 valence electrons. The maximum Gasteiger partial charge on any atom is 0.181 e. The molecule has 1 aliphatic rings. The SMILES string of the molecule is C[C@@H]1C(=O)CC[C@H]1S(=O)(=O)c1ccccc1. The van der Waals surface area contributed by atoms with E-state index >= 15 is 0 Å². The Hall–Kier alpha value is -1.16. The molecule has 2 rings (SSSR count). The molecule has 1 fully saturated rings. The minimum absolute atomic E-state index is 0.0597. The first-order chi connectivity index (χ1) is 7.53. The van der Waals surface area contributed by atoms with Crippen molar-refractivity contribution in [2.45, 2.75) is 29.9 Å². The number of Topliss-reactive ketones (excluding diaryl/α,β-unsaturated/α-hetero) is 1. The maximum atomic E-state index is 12.2. The lowest BCUT2D eigenvalue weighted by atomic mass is 10.1. The highest BCUT2D eigenvalue weighted by Gasteiger charge is 2.40. The standard InChI is InChI=1S/C12H14O3S/c1-9-11(13)7-8-12(9)16(14,15)10-5-3-2-4-6-10/h2-6,9,12H,7-8H2,1H3/t9-,12-/m1/s1. The van der Waals surface area contributed by atoms with Crippen molar-refractivity contribution < 1.29 is 13.2 Å². The third-order valence-electron chi connectivity index (χ3n) is 3.21. The van der Waals surface area contributed by atoms with Gasteiger partial charge in [0.25, 0.3) is 0 Å². The van der Waals surface area contributed by atoms with Crippen LogP contribution in [0.1, 0.15) is 19.8 Å². The number of carbonyl (C=O) groups is 1. The first-order valence-corrected chi connectivity index (χ1v) is 6.90. The van der Waals surface area contributed by atoms with E-state index in [-0.39, 0.29) is 11.7 Å². The van der Waals surface area contributed by atoms with E-state index in [1.165, 1.54) is 0 Å². The molecule has 1 aliphatic carbocycles. The molecule has 0 N–H and O–H groups in total. The first-order valence-electron chi connectivity index (χ1n) is 5.35. The second-order valence-electron chi connectivity index (χ2n) is 4.19. The Bertz CT molecular complexity index is 490. The fourth-order valence-electron chi connectivity index (χ4n) is 2.18. The Balaban J connectivity index is 2.38. The number of carbonyl (C=O) groups excluding carboxylic acids is 1. The van der Waals surface area contributed by atoms with Crippen LogP contribution in [-0.4, -0.2) is 19.5 Å². The van der Waals surface area contributed by atoms with E-state index in [1.54, 1.807) is 37.3 Å². The Labute approximate surface area is 95.4 Å². The van der Waals surface area contributed by atoms with E-state index in [2.05, 4.69) is 0 Å². The number of sulfone groups is 1. The largest absolute Gasteiger partial charge is 0.299 e. The van der Waals surface area contributed by atoms with Crippen LogP contribution in [-0.2, 0) is 14.6 Å². The fraction of sp³-hybridized carbons (Fsp3) is 0.417. The van der Waals surface area contributed by atoms with Crippen LogP contribution in [0, 0.1) is 5.92 Å². The van der Waals surface area contributed by atoms with E-state index in [0.717, 1.165) is 0 Å². The van der Waals surface area contributed by atoms with Gasteiger partial charge in [-0.05, 0) is 18.6 Å². The van der Waals surface area contributed by atoms with Gasteiger partial charge in [0, 0.05) is 12.3 Å². The molecule has 4 heteroatoms. The van der Waals surface area contributed by atoms with Gasteiger partial charge in [0.05, 0.1) is 10.1 Å². The Morgan fingerprint density at radius 1 is 1.19 bits per heavy atom. The molecular formula is C12H14O3S. The number of hydrogen-bond acceptors (Lipinski definition) is 3. The van der Waals surface area contributed by atoms with Crippen LogP contribution in [0.25, 0.3) is 0 Å². The van der Waals surface area contributed by atoms with Gasteiger partial charge in [-0.3, -0.25) is 4.79 Å². The van der Waals surface area contributed by atoms with Crippen LogP contribution >= 0.6 is 0 Å². The highest BCUT2D eigenvalue weighted by Crippen LogP contribution is 2.31. The van der Waals surface area contributed by atoms with Crippen LogP contribution in [0.4, 0.5) is 0 Å². The zero-order chi connectivity index (χ0) is 11.8. The highest BCUT2D eigenvalue weighted by molar-refractivity contribution is 7.92. The van der Waals surface area contributed by atoms with Crippen LogP contribution < -0.4 is 0 Å². The average molecular weight is 238 g/mol. The molecule has 0 bridgehead atoms. The van der Waals surface area contributed by atoms with Crippen molar-refractivity contribution in [2.24, 2.45) is 5.92 Å². The molecule has 1 aromatic carbocycles. The molecule has 0 spiro atoms. The summed E-state index contributed by atoms with van der Waals surface area (Å²) < 4.78 is 24.5. The Kier molecular flexibility index (Phi) is 2.84. The zero-order valence-electron chi connectivity index (χ0n) is 9.09. The van der Waals surface area contributed by atoms with Crippen LogP contribution in [0.2, 0.25) is 0 Å². The van der Waals surface area contributed by atoms with Crippen molar-refractivity contribution in [3.05, 3.63) is 30.3 Å². The quantitative estimate of drug-likeness (QED) is 0.789. The minimum Gasteiger partial charge on any atom is -0.299 e. The van der Waals surface area contributed by atoms with Gasteiger partial charge in [-0.15, -0.1) is 0 Å². The number of ketones is 1. The molecular weight excluding hydrogens is 224 g/mol. The molecule has 1 saturated carbocycles. The molecule has 16 heavy (non-hydrogen) atoms. The van der Waals surface area contributed by atoms with Crippen molar-refractivity contribution in [3.8, 4) is 0 Å². The summed E-state index contributed by atoms with van der Waals surface area (Å²) >= 11 is 0. The van der Waals surface area contributed by atoms with E-state index < -0.39 is 15.1 Å². The maximum absolute atomic E-state index is 12.2. The monoisotopic (exact) mass is 238 g/mol. The van der Waals surface area contributed by atoms with Crippen molar-refractivity contribution in [1.29, 1.82) is 0 Å². The van der Waals surface area contributed by atoms with E-state index in [1.807, 2.05) is 0 Å². The summed E-state index contributed by atoms with van der Waals surface area (Å²) in [6.45, 7) is 1.71. The number of rotatable bonds is 2. The lowest BCUT2D eigenvalue weighted by molar-refractivity contribution is -0.120. The minimum atomic E-state index is -3.34. The summed E-state index contributed by atoms with van der Waals surface area (Å²) in [6.07, 6.45) is 0.842. The molecule has 1 aromatic rings. The molecule has 2 atom stereocenters. The normalized spacial score (nSPS) is 25.9. The van der Waals surface area contributed by atoms with Crippen molar-refractivity contribution in [3.63, 3.8) is 0 Å². The predicted molar refractivity (Wildman–Crippen MR) is 60.8 cm³/mol. The average Bonchev–Trinajstić information content (AvgIpc) is 2.61. The fourth-order valence-corrected chi connectivity index (χ4v) is 4.18. The molecule has 0 unspecified atom stereocenters. The molecule has 0 aromatic heterocycles. The molecule has 0 heterocycles. The molecule has 0 amide bonds. The second kappa shape index (κ2) is 4.01. The van der Waals surface area contributed by atoms with Crippen molar-refractivity contribution in [1.82, 2.24) is 0 Å². The van der Waals surface area contributed by atoms with Gasteiger partial charge < -0.3 is 0 Å². The topological polar surface area (TPSA) is 51.2 Å². The molecule has 0 radical (unpaired) electrons. The van der Waals surface area contributed by atoms with Crippen LogP contribution in [0.3, 0.4) is 0 Å². The van der Waals surface area contributed by atoms with Crippen LogP contribution in [0.15, 0.2) is 35.2 Å². The van der Waals surface area contributed by atoms with Gasteiger partial charge in [0.15, 0.2) is 9.84 Å². The zero-order valence-corrected chi connectivity index (χ0v) is 9.91. The van der Waals surface area contributed by atoms with Crippen molar-refractivity contribution >= 4 is 15.6 Å². The second-order valence-corrected chi connectivity index (χ2v) is 6.36. The van der Waals surface area contributed by atoms with Gasteiger partial charge in [-0.25, -0.2) is 8.42 Å². The van der Waals surface area contributed by atoms with Gasteiger partial charge in [-0.2, -0.15) is 0 Å². The van der Waals surface area contributed by atoms with Gasteiger partial charge >= 0.3 is 0 Å². The van der Waals surface area contributed by atoms with Crippen molar-refractivity contribution in [2.75, 3.05) is 0 Å². The summed E-state index contributed by atoms with van der Waals surface area (Å²) in [5.74, 6) is -0.310. The molecule has 0 aliphatic heterocycles. The third-order valence-corrected chi connectivity index (χ3v) is 5.58. The predicted octanol–water partition coefficient (Wildman–Crippen LogP) is 1.83. The summed E-state index contributed by atoms with van der Waals surface area (Å²) in [7, 11) is -3.34. The highest BCUT2D eigenvalue weighted by atomic mass is 32.2. The van der Waals surface area contributed by atoms with Crippen LogP contribution in [0.5, 0.6) is 0 Å². The Morgan fingerprint density at radius 2 is 1.81 bits per heavy atom. The molecule has 0 saturated heterocycles. The van der Waals surface area contributed by atoms with Gasteiger partial charge in [0.2, 0.25) is 0 Å².